The molecule has 0 aromatic heterocycles. The van der Waals surface area contributed by atoms with Gasteiger partial charge in [0, 0.05) is 19.1 Å². The fourth-order valence-corrected chi connectivity index (χ4v) is 5.31. The van der Waals surface area contributed by atoms with Crippen molar-refractivity contribution in [3.8, 4) is 11.5 Å². The summed E-state index contributed by atoms with van der Waals surface area (Å²) in [7, 11) is 1.59. The molecule has 1 N–H and O–H groups in total. The standard InChI is InChI=1S/C27H34F3NO3/c1-26(2,3)14-19-15-31-10-9-18-11-25(24(33-4)12-21(18)22(31)13-23(19)32)34-16-17-5-7-20(8-6-17)27(28,29)30/h5-8,11-12,19,22-23,32H,9-10,13-16H2,1-4H3. The molecule has 2 aliphatic rings. The van der Waals surface area contributed by atoms with Crippen molar-refractivity contribution < 1.29 is 27.8 Å². The van der Waals surface area contributed by atoms with Gasteiger partial charge in [0.1, 0.15) is 6.61 Å². The highest BCUT2D eigenvalue weighted by Crippen LogP contribution is 2.44. The Morgan fingerprint density at radius 3 is 2.38 bits per heavy atom. The number of methoxy groups -OCH3 is 1. The summed E-state index contributed by atoms with van der Waals surface area (Å²) in [6, 6.07) is 9.14. The Morgan fingerprint density at radius 1 is 1.06 bits per heavy atom. The van der Waals surface area contributed by atoms with Crippen molar-refractivity contribution >= 4 is 0 Å². The maximum atomic E-state index is 12.8. The Labute approximate surface area is 199 Å². The second-order valence-corrected chi connectivity index (χ2v) is 10.8. The van der Waals surface area contributed by atoms with Gasteiger partial charge in [-0.2, -0.15) is 13.2 Å². The van der Waals surface area contributed by atoms with E-state index in [-0.39, 0.29) is 30.1 Å². The van der Waals surface area contributed by atoms with Crippen molar-refractivity contribution in [1.82, 2.24) is 4.90 Å². The first kappa shape index (κ1) is 24.9. The van der Waals surface area contributed by atoms with Crippen LogP contribution in [0.1, 0.15) is 61.9 Å². The summed E-state index contributed by atoms with van der Waals surface area (Å²) in [5.74, 6) is 1.45. The van der Waals surface area contributed by atoms with Gasteiger partial charge in [-0.25, -0.2) is 0 Å². The first-order valence-electron chi connectivity index (χ1n) is 11.9. The van der Waals surface area contributed by atoms with Gasteiger partial charge in [-0.3, -0.25) is 4.90 Å². The third-order valence-corrected chi connectivity index (χ3v) is 6.92. The zero-order valence-corrected chi connectivity index (χ0v) is 20.3. The highest BCUT2D eigenvalue weighted by Gasteiger charge is 2.40. The molecule has 7 heteroatoms. The number of fused-ring (bicyclic) bond motifs is 3. The van der Waals surface area contributed by atoms with E-state index in [0.29, 0.717) is 23.5 Å². The van der Waals surface area contributed by atoms with Crippen molar-refractivity contribution in [1.29, 1.82) is 0 Å². The molecule has 0 bridgehead atoms. The molecule has 2 aliphatic heterocycles. The average molecular weight is 478 g/mol. The van der Waals surface area contributed by atoms with Crippen LogP contribution >= 0.6 is 0 Å². The molecule has 4 nitrogen and oxygen atoms in total. The van der Waals surface area contributed by atoms with E-state index in [4.69, 9.17) is 9.47 Å². The Bertz CT molecular complexity index is 998. The predicted octanol–water partition coefficient (Wildman–Crippen LogP) is 6.01. The largest absolute Gasteiger partial charge is 0.493 e. The Hall–Kier alpha value is -2.25. The zero-order chi connectivity index (χ0) is 24.7. The minimum atomic E-state index is -4.35. The minimum Gasteiger partial charge on any atom is -0.493 e. The number of alkyl halides is 3. The third kappa shape index (κ3) is 5.52. The maximum Gasteiger partial charge on any atom is 0.416 e. The summed E-state index contributed by atoms with van der Waals surface area (Å²) in [5.41, 5.74) is 2.49. The third-order valence-electron chi connectivity index (χ3n) is 6.92. The first-order chi connectivity index (χ1) is 15.9. The smallest absolute Gasteiger partial charge is 0.416 e. The molecule has 4 rings (SSSR count). The first-order valence-corrected chi connectivity index (χ1v) is 11.9. The predicted molar refractivity (Wildman–Crippen MR) is 125 cm³/mol. The fraction of sp³-hybridized carbons (Fsp3) is 0.556. The Balaban J connectivity index is 1.49. The molecule has 3 unspecified atom stereocenters. The Morgan fingerprint density at radius 2 is 1.76 bits per heavy atom. The van der Waals surface area contributed by atoms with Crippen LogP contribution in [0.25, 0.3) is 0 Å². The molecule has 2 aromatic rings. The molecule has 0 amide bonds. The lowest BCUT2D eigenvalue weighted by Gasteiger charge is -2.47. The summed E-state index contributed by atoms with van der Waals surface area (Å²) in [5, 5.41) is 10.9. The fourth-order valence-electron chi connectivity index (χ4n) is 5.31. The van der Waals surface area contributed by atoms with Gasteiger partial charge < -0.3 is 14.6 Å². The van der Waals surface area contributed by atoms with Gasteiger partial charge in [0.2, 0.25) is 0 Å². The lowest BCUT2D eigenvalue weighted by Crippen LogP contribution is -2.48. The molecule has 0 saturated carbocycles. The molecule has 0 radical (unpaired) electrons. The summed E-state index contributed by atoms with van der Waals surface area (Å²) in [6.07, 6.45) is -2.13. The van der Waals surface area contributed by atoms with Crippen molar-refractivity contribution in [2.45, 2.75) is 65.0 Å². The molecule has 186 valence electrons. The van der Waals surface area contributed by atoms with Crippen molar-refractivity contribution in [2.24, 2.45) is 11.3 Å². The van der Waals surface area contributed by atoms with Crippen molar-refractivity contribution in [3.05, 3.63) is 58.7 Å². The number of rotatable bonds is 5. The number of hydrogen-bond acceptors (Lipinski definition) is 4. The molecular formula is C27H34F3NO3. The van der Waals surface area contributed by atoms with Crippen LogP contribution in [0.2, 0.25) is 0 Å². The van der Waals surface area contributed by atoms with Crippen LogP contribution in [0.4, 0.5) is 13.2 Å². The van der Waals surface area contributed by atoms with E-state index < -0.39 is 11.7 Å². The molecule has 1 saturated heterocycles. The minimum absolute atomic E-state index is 0.146. The summed E-state index contributed by atoms with van der Waals surface area (Å²) >= 11 is 0. The van der Waals surface area contributed by atoms with Gasteiger partial charge in [-0.15, -0.1) is 0 Å². The van der Waals surface area contributed by atoms with Gasteiger partial charge in [-0.05, 0) is 71.6 Å². The van der Waals surface area contributed by atoms with E-state index in [1.807, 2.05) is 12.1 Å². The topological polar surface area (TPSA) is 41.9 Å². The summed E-state index contributed by atoms with van der Waals surface area (Å²) in [4.78, 5) is 2.48. The molecule has 0 aliphatic carbocycles. The molecule has 2 aromatic carbocycles. The number of aliphatic hydroxyl groups is 1. The second kappa shape index (κ2) is 9.42. The van der Waals surface area contributed by atoms with Crippen LogP contribution in [0.3, 0.4) is 0 Å². The number of piperidine rings is 1. The number of aliphatic hydroxyl groups excluding tert-OH is 1. The van der Waals surface area contributed by atoms with Crippen LogP contribution in [-0.2, 0) is 19.2 Å². The van der Waals surface area contributed by atoms with Crippen molar-refractivity contribution in [2.75, 3.05) is 20.2 Å². The highest BCUT2D eigenvalue weighted by atomic mass is 19.4. The van der Waals surface area contributed by atoms with Crippen LogP contribution in [0.15, 0.2) is 36.4 Å². The van der Waals surface area contributed by atoms with E-state index in [1.54, 1.807) is 7.11 Å². The molecule has 0 spiro atoms. The van der Waals surface area contributed by atoms with E-state index in [2.05, 4.69) is 25.7 Å². The molecular weight excluding hydrogens is 443 g/mol. The second-order valence-electron chi connectivity index (χ2n) is 10.8. The van der Waals surface area contributed by atoms with Gasteiger partial charge in [-0.1, -0.05) is 32.9 Å². The number of benzene rings is 2. The summed E-state index contributed by atoms with van der Waals surface area (Å²) < 4.78 is 50.0. The monoisotopic (exact) mass is 477 g/mol. The average Bonchev–Trinajstić information content (AvgIpc) is 2.76. The van der Waals surface area contributed by atoms with E-state index in [9.17, 15) is 18.3 Å². The van der Waals surface area contributed by atoms with E-state index >= 15 is 0 Å². The summed E-state index contributed by atoms with van der Waals surface area (Å²) in [6.45, 7) is 8.61. The van der Waals surface area contributed by atoms with Crippen LogP contribution in [0, 0.1) is 11.3 Å². The zero-order valence-electron chi connectivity index (χ0n) is 20.3. The quantitative estimate of drug-likeness (QED) is 0.573. The lowest BCUT2D eigenvalue weighted by atomic mass is 9.75. The maximum absolute atomic E-state index is 12.8. The van der Waals surface area contributed by atoms with E-state index in [0.717, 1.165) is 38.1 Å². The lowest BCUT2D eigenvalue weighted by molar-refractivity contribution is -0.137. The number of halogens is 3. The Kier molecular flexibility index (Phi) is 6.89. The van der Waals surface area contributed by atoms with Gasteiger partial charge in [0.15, 0.2) is 11.5 Å². The normalized spacial score (nSPS) is 23.2. The van der Waals surface area contributed by atoms with Gasteiger partial charge in [0.25, 0.3) is 0 Å². The van der Waals surface area contributed by atoms with Crippen LogP contribution in [0.5, 0.6) is 11.5 Å². The number of ether oxygens (including phenoxy) is 2. The molecule has 34 heavy (non-hydrogen) atoms. The van der Waals surface area contributed by atoms with Gasteiger partial charge in [0.05, 0.1) is 18.8 Å². The SMILES string of the molecule is COc1cc2c(cc1OCc1ccc(C(F)(F)F)cc1)CCN1CC(CC(C)(C)C)C(O)CC21. The van der Waals surface area contributed by atoms with Gasteiger partial charge >= 0.3 is 6.18 Å². The molecule has 2 heterocycles. The molecule has 1 fully saturated rings. The van der Waals surface area contributed by atoms with Crippen LogP contribution in [-0.4, -0.2) is 36.3 Å². The number of hydrogen-bond donors (Lipinski definition) is 1. The van der Waals surface area contributed by atoms with Crippen molar-refractivity contribution in [3.63, 3.8) is 0 Å². The highest BCUT2D eigenvalue weighted by molar-refractivity contribution is 5.50. The van der Waals surface area contributed by atoms with E-state index in [1.165, 1.54) is 23.3 Å². The van der Waals surface area contributed by atoms with Crippen LogP contribution < -0.4 is 9.47 Å². The molecule has 3 atom stereocenters. The number of nitrogens with zero attached hydrogens (tertiary/aromatic N) is 1.